The monoisotopic (exact) mass is 223 g/mol. The number of nitrogens with zero attached hydrogens (tertiary/aromatic N) is 1. The Labute approximate surface area is 84.5 Å². The number of hydrogen-bond acceptors (Lipinski definition) is 5. The minimum absolute atomic E-state index is 0.364. The highest BCUT2D eigenvalue weighted by Crippen LogP contribution is 2.58. The molecule has 0 radical (unpaired) electrons. The van der Waals surface area contributed by atoms with Crippen LogP contribution in [0, 0.1) is 0 Å². The molecule has 1 N–H and O–H groups in total. The Morgan fingerprint density at radius 1 is 1.43 bits per heavy atom. The Kier molecular flexibility index (Phi) is 3.39. The first-order valence-corrected chi connectivity index (χ1v) is 6.18. The molecule has 1 heterocycles. The summed E-state index contributed by atoms with van der Waals surface area (Å²) in [5.41, 5.74) is -0.364. The molecular weight excluding hydrogens is 205 g/mol. The van der Waals surface area contributed by atoms with Gasteiger partial charge in [-0.25, -0.2) is 0 Å². The fourth-order valence-electron chi connectivity index (χ4n) is 1.73. The lowest BCUT2D eigenvalue weighted by atomic mass is 10.0. The van der Waals surface area contributed by atoms with E-state index in [1.165, 1.54) is 14.2 Å². The minimum Gasteiger partial charge on any atom is -0.313 e. The second-order valence-corrected chi connectivity index (χ2v) is 6.49. The van der Waals surface area contributed by atoms with Gasteiger partial charge in [0.05, 0.1) is 0 Å². The second kappa shape index (κ2) is 3.91. The van der Waals surface area contributed by atoms with Crippen molar-refractivity contribution in [2.24, 2.45) is 0 Å². The maximum Gasteiger partial charge on any atom is 0.349 e. The summed E-state index contributed by atoms with van der Waals surface area (Å²) in [4.78, 5) is 0. The van der Waals surface area contributed by atoms with Crippen molar-refractivity contribution in [1.29, 1.82) is 0 Å². The van der Waals surface area contributed by atoms with Crippen LogP contribution in [0.5, 0.6) is 0 Å². The van der Waals surface area contributed by atoms with Crippen LogP contribution < -0.4 is 0 Å². The first kappa shape index (κ1) is 12.1. The molecule has 1 aliphatic rings. The summed E-state index contributed by atoms with van der Waals surface area (Å²) in [6.07, 6.45) is 1.38. The van der Waals surface area contributed by atoms with Crippen LogP contribution in [0.15, 0.2) is 0 Å². The van der Waals surface area contributed by atoms with Crippen LogP contribution in [-0.2, 0) is 13.6 Å². The Hall–Kier alpha value is 0.0700. The van der Waals surface area contributed by atoms with Crippen molar-refractivity contribution in [3.8, 4) is 0 Å². The van der Waals surface area contributed by atoms with E-state index in [0.29, 0.717) is 6.42 Å². The molecule has 0 bridgehead atoms. The Bertz CT molecular complexity index is 248. The van der Waals surface area contributed by atoms with Gasteiger partial charge in [0.15, 0.2) is 0 Å². The summed E-state index contributed by atoms with van der Waals surface area (Å²) in [5, 5.41) is 10.9. The third-order valence-corrected chi connectivity index (χ3v) is 5.02. The average molecular weight is 223 g/mol. The van der Waals surface area contributed by atoms with Crippen molar-refractivity contribution in [3.63, 3.8) is 0 Å². The molecule has 6 heteroatoms. The topological polar surface area (TPSA) is 59.0 Å². The lowest BCUT2D eigenvalue weighted by Crippen LogP contribution is -2.40. The number of rotatable bonds is 3. The van der Waals surface area contributed by atoms with Gasteiger partial charge in [-0.1, -0.05) is 0 Å². The lowest BCUT2D eigenvalue weighted by molar-refractivity contribution is -0.150. The van der Waals surface area contributed by atoms with Crippen LogP contribution in [0.25, 0.3) is 0 Å². The summed E-state index contributed by atoms with van der Waals surface area (Å²) < 4.78 is 21.7. The van der Waals surface area contributed by atoms with Crippen LogP contribution in [0.1, 0.15) is 26.7 Å². The molecule has 0 aromatic heterocycles. The molecule has 0 aromatic rings. The van der Waals surface area contributed by atoms with Crippen molar-refractivity contribution in [2.45, 2.75) is 38.0 Å². The molecule has 0 aromatic carbocycles. The van der Waals surface area contributed by atoms with Crippen LogP contribution >= 0.6 is 7.60 Å². The van der Waals surface area contributed by atoms with Gasteiger partial charge in [0.2, 0.25) is 0 Å². The van der Waals surface area contributed by atoms with Gasteiger partial charge in [0.1, 0.15) is 5.78 Å². The van der Waals surface area contributed by atoms with Crippen LogP contribution in [0.3, 0.4) is 0 Å². The summed E-state index contributed by atoms with van der Waals surface area (Å²) >= 11 is 0. The molecule has 14 heavy (non-hydrogen) atoms. The zero-order chi connectivity index (χ0) is 11.0. The molecular formula is C8H18NO4P. The van der Waals surface area contributed by atoms with Gasteiger partial charge in [-0.3, -0.25) is 4.57 Å². The fraction of sp³-hybridized carbons (Fsp3) is 1.00. The highest BCUT2D eigenvalue weighted by atomic mass is 31.2. The zero-order valence-corrected chi connectivity index (χ0v) is 9.95. The van der Waals surface area contributed by atoms with Gasteiger partial charge in [0, 0.05) is 19.8 Å². The quantitative estimate of drug-likeness (QED) is 0.742. The predicted molar refractivity (Wildman–Crippen MR) is 52.4 cm³/mol. The van der Waals surface area contributed by atoms with Gasteiger partial charge >= 0.3 is 7.60 Å². The Morgan fingerprint density at radius 3 is 2.21 bits per heavy atom. The minimum atomic E-state index is -3.19. The maximum absolute atomic E-state index is 12.0. The van der Waals surface area contributed by atoms with Gasteiger partial charge in [-0.2, -0.15) is 5.06 Å². The molecule has 0 saturated carbocycles. The normalized spacial score (nSPS) is 28.2. The highest BCUT2D eigenvalue weighted by molar-refractivity contribution is 7.54. The van der Waals surface area contributed by atoms with Crippen LogP contribution in [0.4, 0.5) is 0 Å². The molecule has 1 fully saturated rings. The summed E-state index contributed by atoms with van der Waals surface area (Å²) in [6.45, 7) is 3.78. The van der Waals surface area contributed by atoms with E-state index in [-0.39, 0.29) is 5.54 Å². The SMILES string of the molecule is COP(=O)(OC)C1CCC(C)(C)N1O. The molecule has 84 valence electrons. The molecule has 1 aliphatic heterocycles. The first-order valence-electron chi connectivity index (χ1n) is 4.57. The molecule has 1 rings (SSSR count). The number of hydroxylamine groups is 2. The molecule has 5 nitrogen and oxygen atoms in total. The van der Waals surface area contributed by atoms with Crippen LogP contribution in [0.2, 0.25) is 0 Å². The van der Waals surface area contributed by atoms with Gasteiger partial charge in [0.25, 0.3) is 0 Å². The van der Waals surface area contributed by atoms with Crippen molar-refractivity contribution >= 4 is 7.60 Å². The summed E-state index contributed by atoms with van der Waals surface area (Å²) in [5.74, 6) is -0.549. The van der Waals surface area contributed by atoms with Crippen molar-refractivity contribution in [1.82, 2.24) is 5.06 Å². The van der Waals surface area contributed by atoms with E-state index in [1.807, 2.05) is 13.8 Å². The Balaban J connectivity index is 2.86. The maximum atomic E-state index is 12.0. The van der Waals surface area contributed by atoms with E-state index in [1.54, 1.807) is 0 Å². The van der Waals surface area contributed by atoms with Crippen LogP contribution in [-0.4, -0.2) is 35.8 Å². The van der Waals surface area contributed by atoms with Crippen molar-refractivity contribution in [3.05, 3.63) is 0 Å². The predicted octanol–water partition coefficient (Wildman–Crippen LogP) is 2.06. The molecule has 1 unspecified atom stereocenters. The molecule has 0 spiro atoms. The van der Waals surface area contributed by atoms with Crippen molar-refractivity contribution < 1.29 is 18.8 Å². The third-order valence-electron chi connectivity index (χ3n) is 2.79. The smallest absolute Gasteiger partial charge is 0.313 e. The van der Waals surface area contributed by atoms with Gasteiger partial charge < -0.3 is 14.3 Å². The highest BCUT2D eigenvalue weighted by Gasteiger charge is 2.49. The van der Waals surface area contributed by atoms with E-state index in [4.69, 9.17) is 9.05 Å². The molecule has 1 atom stereocenters. The van der Waals surface area contributed by atoms with Crippen molar-refractivity contribution in [2.75, 3.05) is 14.2 Å². The average Bonchev–Trinajstić information content (AvgIpc) is 2.42. The van der Waals surface area contributed by atoms with Gasteiger partial charge in [-0.15, -0.1) is 0 Å². The number of hydrogen-bond donors (Lipinski definition) is 1. The van der Waals surface area contributed by atoms with E-state index in [2.05, 4.69) is 0 Å². The van der Waals surface area contributed by atoms with E-state index < -0.39 is 13.4 Å². The standard InChI is InChI=1S/C8H18NO4P/c1-8(2)6-5-7(9(8)10)14(11,12-3)13-4/h7,10H,5-6H2,1-4H3. The van der Waals surface area contributed by atoms with E-state index in [0.717, 1.165) is 11.5 Å². The third kappa shape index (κ3) is 1.88. The largest absolute Gasteiger partial charge is 0.349 e. The molecule has 0 aliphatic carbocycles. The fourth-order valence-corrected chi connectivity index (χ4v) is 3.39. The summed E-state index contributed by atoms with van der Waals surface area (Å²) in [7, 11) is -0.515. The second-order valence-electron chi connectivity index (χ2n) is 4.08. The van der Waals surface area contributed by atoms with E-state index >= 15 is 0 Å². The van der Waals surface area contributed by atoms with E-state index in [9.17, 15) is 9.77 Å². The molecule has 0 amide bonds. The zero-order valence-electron chi connectivity index (χ0n) is 9.06. The van der Waals surface area contributed by atoms with Gasteiger partial charge in [-0.05, 0) is 26.7 Å². The Morgan fingerprint density at radius 2 is 1.93 bits per heavy atom. The lowest BCUT2D eigenvalue weighted by Gasteiger charge is -2.31. The first-order chi connectivity index (χ1) is 6.37. The summed E-state index contributed by atoms with van der Waals surface area (Å²) in [6, 6.07) is 0. The molecule has 1 saturated heterocycles.